The van der Waals surface area contributed by atoms with E-state index in [2.05, 4.69) is 15.3 Å². The number of aliphatic hydroxyl groups is 1. The minimum absolute atomic E-state index is 0.187. The van der Waals surface area contributed by atoms with Crippen LogP contribution in [0.15, 0.2) is 30.6 Å². The molecule has 1 amide bonds. The molecule has 1 aliphatic carbocycles. The van der Waals surface area contributed by atoms with Crippen molar-refractivity contribution in [3.63, 3.8) is 0 Å². The summed E-state index contributed by atoms with van der Waals surface area (Å²) in [6, 6.07) is 5.31. The van der Waals surface area contributed by atoms with Gasteiger partial charge in [-0.25, -0.2) is 4.98 Å². The quantitative estimate of drug-likeness (QED) is 0.532. The van der Waals surface area contributed by atoms with Gasteiger partial charge in [0.1, 0.15) is 10.8 Å². The molecule has 3 rings (SSSR count). The number of pyridine rings is 2. The molecule has 0 unspecified atom stereocenters. The number of hydrogen-bond donors (Lipinski definition) is 3. The van der Waals surface area contributed by atoms with Gasteiger partial charge in [0.15, 0.2) is 0 Å². The number of rotatable bonds is 4. The average molecular weight is 406 g/mol. The van der Waals surface area contributed by atoms with Crippen molar-refractivity contribution in [3.05, 3.63) is 58.1 Å². The summed E-state index contributed by atoms with van der Waals surface area (Å²) in [4.78, 5) is 29.2. The Morgan fingerprint density at radius 1 is 1.29 bits per heavy atom. The highest BCUT2D eigenvalue weighted by Gasteiger charge is 2.25. The normalized spacial score (nSPS) is 18.5. The summed E-state index contributed by atoms with van der Waals surface area (Å²) in [6.07, 6.45) is 7.22. The molecule has 0 spiro atoms. The van der Waals surface area contributed by atoms with Crippen molar-refractivity contribution < 1.29 is 19.8 Å². The topological polar surface area (TPSA) is 112 Å². The maximum atomic E-state index is 12.5. The van der Waals surface area contributed by atoms with Crippen molar-refractivity contribution in [3.8, 4) is 0 Å². The molecule has 2 aromatic rings. The molecular weight excluding hydrogens is 382 g/mol. The fraction of sp³-hybridized carbons (Fsp3) is 0.400. The number of nitrogens with one attached hydrogen (secondary N) is 1. The van der Waals surface area contributed by atoms with Crippen molar-refractivity contribution in [1.82, 2.24) is 15.3 Å². The van der Waals surface area contributed by atoms with E-state index in [-0.39, 0.29) is 18.4 Å². The summed E-state index contributed by atoms with van der Waals surface area (Å²) in [5.41, 5.74) is 3.44. The zero-order valence-electron chi connectivity index (χ0n) is 15.6. The number of aromatic nitrogens is 2. The first kappa shape index (κ1) is 21.8. The number of hydrogen-bond acceptors (Lipinski definition) is 5. The smallest absolute Gasteiger partial charge is 0.290 e. The van der Waals surface area contributed by atoms with Crippen LogP contribution in [0.4, 0.5) is 0 Å². The summed E-state index contributed by atoms with van der Waals surface area (Å²) in [5.74, 6) is -0.235. The molecule has 0 aliphatic heterocycles. The van der Waals surface area contributed by atoms with Gasteiger partial charge in [0, 0.05) is 12.4 Å². The molecule has 28 heavy (non-hydrogen) atoms. The summed E-state index contributed by atoms with van der Waals surface area (Å²) in [7, 11) is 0. The van der Waals surface area contributed by atoms with Crippen LogP contribution in [0.5, 0.6) is 0 Å². The van der Waals surface area contributed by atoms with Gasteiger partial charge in [0.25, 0.3) is 12.4 Å². The van der Waals surface area contributed by atoms with Gasteiger partial charge in [-0.05, 0) is 55.0 Å². The van der Waals surface area contributed by atoms with E-state index in [0.29, 0.717) is 17.3 Å². The minimum Gasteiger partial charge on any atom is -0.483 e. The van der Waals surface area contributed by atoms with Crippen LogP contribution in [-0.4, -0.2) is 44.7 Å². The second-order valence-electron chi connectivity index (χ2n) is 6.70. The van der Waals surface area contributed by atoms with Gasteiger partial charge in [-0.3, -0.25) is 14.6 Å². The maximum Gasteiger partial charge on any atom is 0.290 e. The lowest BCUT2D eigenvalue weighted by atomic mass is 9.92. The molecule has 150 valence electrons. The first-order chi connectivity index (χ1) is 13.4. The Balaban J connectivity index is 0.000000878. The van der Waals surface area contributed by atoms with E-state index in [9.17, 15) is 9.90 Å². The summed E-state index contributed by atoms with van der Waals surface area (Å²) >= 11 is 5.82. The Kier molecular flexibility index (Phi) is 8.35. The molecule has 7 nitrogen and oxygen atoms in total. The molecule has 0 saturated heterocycles. The molecule has 1 fully saturated rings. The average Bonchev–Trinajstić information content (AvgIpc) is 2.67. The van der Waals surface area contributed by atoms with Gasteiger partial charge >= 0.3 is 0 Å². The highest BCUT2D eigenvalue weighted by atomic mass is 35.5. The van der Waals surface area contributed by atoms with Gasteiger partial charge in [-0.1, -0.05) is 30.5 Å². The van der Waals surface area contributed by atoms with Crippen molar-refractivity contribution in [1.29, 1.82) is 0 Å². The number of carbonyl (C=O) groups is 2. The molecule has 1 aliphatic rings. The highest BCUT2D eigenvalue weighted by molar-refractivity contribution is 6.29. The van der Waals surface area contributed by atoms with Crippen molar-refractivity contribution >= 4 is 24.0 Å². The van der Waals surface area contributed by atoms with Crippen LogP contribution in [0.25, 0.3) is 0 Å². The molecule has 0 bridgehead atoms. The number of nitrogens with zero attached hydrogens (tertiary/aromatic N) is 2. The summed E-state index contributed by atoms with van der Waals surface area (Å²) < 4.78 is 0. The highest BCUT2D eigenvalue weighted by Crippen LogP contribution is 2.19. The number of carbonyl (C=O) groups excluding carboxylic acids is 1. The van der Waals surface area contributed by atoms with Crippen LogP contribution < -0.4 is 5.32 Å². The first-order valence-electron chi connectivity index (χ1n) is 9.07. The van der Waals surface area contributed by atoms with E-state index >= 15 is 0 Å². The van der Waals surface area contributed by atoms with Gasteiger partial charge in [-0.2, -0.15) is 0 Å². The van der Waals surface area contributed by atoms with Crippen LogP contribution >= 0.6 is 11.6 Å². The minimum atomic E-state index is -0.470. The van der Waals surface area contributed by atoms with Crippen LogP contribution in [0, 0.1) is 6.92 Å². The van der Waals surface area contributed by atoms with E-state index in [1.54, 1.807) is 18.5 Å². The molecule has 0 radical (unpaired) electrons. The van der Waals surface area contributed by atoms with Crippen LogP contribution in [0.3, 0.4) is 0 Å². The lowest BCUT2D eigenvalue weighted by molar-refractivity contribution is -0.122. The van der Waals surface area contributed by atoms with E-state index < -0.39 is 6.10 Å². The fourth-order valence-electron chi connectivity index (χ4n) is 3.13. The molecule has 3 N–H and O–H groups in total. The monoisotopic (exact) mass is 405 g/mol. The van der Waals surface area contributed by atoms with Crippen LogP contribution in [0.1, 0.15) is 52.9 Å². The van der Waals surface area contributed by atoms with Crippen molar-refractivity contribution in [2.75, 3.05) is 0 Å². The molecule has 8 heteroatoms. The zero-order chi connectivity index (χ0) is 20.5. The number of aliphatic hydroxyl groups excluding tert-OH is 1. The van der Waals surface area contributed by atoms with E-state index in [1.807, 2.05) is 19.1 Å². The van der Waals surface area contributed by atoms with E-state index in [4.69, 9.17) is 21.5 Å². The van der Waals surface area contributed by atoms with Gasteiger partial charge in [0.2, 0.25) is 0 Å². The van der Waals surface area contributed by atoms with Crippen LogP contribution in [-0.2, 0) is 11.2 Å². The van der Waals surface area contributed by atoms with E-state index in [0.717, 1.165) is 42.4 Å². The second-order valence-corrected chi connectivity index (χ2v) is 7.09. The number of aryl methyl sites for hydroxylation is 1. The summed E-state index contributed by atoms with van der Waals surface area (Å²) in [6.45, 7) is 1.72. The molecule has 0 aromatic carbocycles. The lowest BCUT2D eigenvalue weighted by Crippen LogP contribution is -2.45. The molecule has 2 heterocycles. The summed E-state index contributed by atoms with van der Waals surface area (Å²) in [5, 5.41) is 20.3. The van der Waals surface area contributed by atoms with Crippen LogP contribution in [0.2, 0.25) is 5.15 Å². The predicted octanol–water partition coefficient (Wildman–Crippen LogP) is 2.76. The zero-order valence-corrected chi connectivity index (χ0v) is 16.4. The molecule has 1 saturated carbocycles. The van der Waals surface area contributed by atoms with Gasteiger partial charge in [0.05, 0.1) is 12.1 Å². The number of amides is 1. The first-order valence-corrected chi connectivity index (χ1v) is 9.45. The molecule has 2 aromatic heterocycles. The predicted molar refractivity (Wildman–Crippen MR) is 105 cm³/mol. The Bertz CT molecular complexity index is 799. The van der Waals surface area contributed by atoms with Crippen molar-refractivity contribution in [2.45, 2.75) is 51.2 Å². The number of halogens is 1. The molecule has 2 atom stereocenters. The lowest BCUT2D eigenvalue weighted by Gasteiger charge is -2.28. The van der Waals surface area contributed by atoms with Gasteiger partial charge in [-0.15, -0.1) is 0 Å². The standard InChI is InChI=1S/C19H22ClN3O2.CH2O2/c1-12-10-21-16(19(25)23-15-4-2-3-5-17(15)24)9-14(12)8-13-6-7-18(20)22-11-13;2-1-3/h6-7,9-11,15,17,24H,2-5,8H2,1H3,(H,23,25);1H,(H,2,3)/t15-,17-;/m0./s1. The third-order valence-electron chi connectivity index (χ3n) is 4.68. The fourth-order valence-corrected chi connectivity index (χ4v) is 3.24. The SMILES string of the molecule is Cc1cnc(C(=O)N[C@H]2CCCC[C@@H]2O)cc1Cc1ccc(Cl)nc1.O=CO. The number of carboxylic acid groups (broad SMARTS) is 1. The Morgan fingerprint density at radius 3 is 2.64 bits per heavy atom. The van der Waals surface area contributed by atoms with E-state index in [1.165, 1.54) is 0 Å². The third-order valence-corrected chi connectivity index (χ3v) is 4.90. The van der Waals surface area contributed by atoms with Gasteiger partial charge < -0.3 is 15.5 Å². The Morgan fingerprint density at radius 2 is 2.00 bits per heavy atom. The Hall–Kier alpha value is -2.51. The third kappa shape index (κ3) is 6.28. The molecular formula is C20H24ClN3O4. The maximum absolute atomic E-state index is 12.5. The largest absolute Gasteiger partial charge is 0.483 e. The second kappa shape index (κ2) is 10.7. The Labute approximate surface area is 168 Å². The van der Waals surface area contributed by atoms with Crippen molar-refractivity contribution in [2.24, 2.45) is 0 Å².